The van der Waals surface area contributed by atoms with E-state index < -0.39 is 0 Å². The molecule has 0 aliphatic carbocycles. The number of para-hydroxylation sites is 4. The van der Waals surface area contributed by atoms with Crippen LogP contribution in [-0.2, 0) is 0 Å². The molecule has 0 amide bonds. The summed E-state index contributed by atoms with van der Waals surface area (Å²) in [7, 11) is 0. The number of benzene rings is 7. The van der Waals surface area contributed by atoms with Crippen molar-refractivity contribution in [2.24, 2.45) is 0 Å². The maximum absolute atomic E-state index is 8.28. The molecule has 50 heavy (non-hydrogen) atoms. The second-order valence-corrected chi connectivity index (χ2v) is 12.2. The van der Waals surface area contributed by atoms with Crippen LogP contribution in [0.25, 0.3) is 91.8 Å². The van der Waals surface area contributed by atoms with Crippen LogP contribution in [0.15, 0.2) is 152 Å². The van der Waals surface area contributed by atoms with Crippen LogP contribution in [0.3, 0.4) is 0 Å². The van der Waals surface area contributed by atoms with Gasteiger partial charge in [0.1, 0.15) is 0 Å². The average molecular weight is 636 g/mol. The first-order valence-corrected chi connectivity index (χ1v) is 16.2. The molecule has 9 rings (SSSR count). The number of rotatable bonds is 4. The number of hydrogen-bond acceptors (Lipinski definition) is 0. The SMILES string of the molecule is [C-]#[N+]c1ccc2c(c1)c1ccccc1n2-c1ccccc1-c1c([N+]#[C-])cccc1-c1cccc(-n2c3ccccc3c3cccc([N+]#[C-])c32)c1. The van der Waals surface area contributed by atoms with Gasteiger partial charge in [0.25, 0.3) is 0 Å². The van der Waals surface area contributed by atoms with Crippen LogP contribution < -0.4 is 0 Å². The molecule has 5 nitrogen and oxygen atoms in total. The second kappa shape index (κ2) is 11.4. The van der Waals surface area contributed by atoms with E-state index in [2.05, 4.69) is 90.4 Å². The Bertz CT molecular complexity index is 2970. The normalized spacial score (nSPS) is 11.1. The van der Waals surface area contributed by atoms with E-state index in [-0.39, 0.29) is 0 Å². The van der Waals surface area contributed by atoms with Crippen molar-refractivity contribution in [2.75, 3.05) is 0 Å². The van der Waals surface area contributed by atoms with E-state index in [1.54, 1.807) is 0 Å². The topological polar surface area (TPSA) is 22.9 Å². The number of fused-ring (bicyclic) bond motifs is 6. The average Bonchev–Trinajstić information content (AvgIpc) is 3.70. The van der Waals surface area contributed by atoms with E-state index in [0.717, 1.165) is 77.2 Å². The van der Waals surface area contributed by atoms with E-state index in [1.165, 1.54) is 0 Å². The highest BCUT2D eigenvalue weighted by Gasteiger charge is 2.21. The first-order valence-electron chi connectivity index (χ1n) is 16.2. The van der Waals surface area contributed by atoms with Gasteiger partial charge in [-0.05, 0) is 75.5 Å². The van der Waals surface area contributed by atoms with Gasteiger partial charge < -0.3 is 9.13 Å². The van der Waals surface area contributed by atoms with Crippen molar-refractivity contribution in [3.8, 4) is 33.6 Å². The lowest BCUT2D eigenvalue weighted by atomic mass is 9.91. The first-order chi connectivity index (χ1) is 24.7. The van der Waals surface area contributed by atoms with Gasteiger partial charge in [0.15, 0.2) is 11.4 Å². The van der Waals surface area contributed by atoms with Crippen molar-refractivity contribution in [3.05, 3.63) is 186 Å². The fourth-order valence-corrected chi connectivity index (χ4v) is 7.50. The largest absolute Gasteiger partial charge is 0.319 e. The zero-order valence-corrected chi connectivity index (χ0v) is 26.7. The van der Waals surface area contributed by atoms with Crippen molar-refractivity contribution in [1.82, 2.24) is 9.13 Å². The molecular weight excluding hydrogens is 611 g/mol. The molecule has 2 aromatic heterocycles. The molecule has 7 aromatic carbocycles. The minimum absolute atomic E-state index is 0.559. The highest BCUT2D eigenvalue weighted by molar-refractivity contribution is 6.14. The van der Waals surface area contributed by atoms with E-state index in [1.807, 2.05) is 84.9 Å². The minimum Gasteiger partial charge on any atom is -0.319 e. The van der Waals surface area contributed by atoms with Crippen molar-refractivity contribution in [3.63, 3.8) is 0 Å². The van der Waals surface area contributed by atoms with Crippen LogP contribution in [-0.4, -0.2) is 9.13 Å². The molecule has 0 spiro atoms. The third-order valence-electron chi connectivity index (χ3n) is 9.57. The fraction of sp³-hybridized carbons (Fsp3) is 0. The molecule has 230 valence electrons. The second-order valence-electron chi connectivity index (χ2n) is 12.2. The van der Waals surface area contributed by atoms with Gasteiger partial charge in [-0.25, -0.2) is 14.5 Å². The van der Waals surface area contributed by atoms with Gasteiger partial charge in [-0.1, -0.05) is 109 Å². The Balaban J connectivity index is 1.31. The smallest absolute Gasteiger partial charge is 0.211 e. The maximum atomic E-state index is 8.28. The Labute approximate surface area is 288 Å². The quantitative estimate of drug-likeness (QED) is 0.172. The third-order valence-corrected chi connectivity index (χ3v) is 9.57. The predicted molar refractivity (Wildman–Crippen MR) is 205 cm³/mol. The standard InChI is InChI=1S/C45H25N5/c1-46-30-25-26-43-37(28-30)34-16-5-8-23-41(34)50(43)42-24-9-6-17-36(42)44-32(18-11-20-38(44)47-2)29-13-10-14-31(27-29)49-40-22-7-4-15-33(40)35-19-12-21-39(48-3)45(35)49/h4-28H. The molecule has 0 aliphatic rings. The van der Waals surface area contributed by atoms with E-state index >= 15 is 0 Å². The molecule has 2 heterocycles. The lowest BCUT2D eigenvalue weighted by Gasteiger charge is -2.19. The maximum Gasteiger partial charge on any atom is 0.211 e. The van der Waals surface area contributed by atoms with Crippen LogP contribution in [0.1, 0.15) is 0 Å². The van der Waals surface area contributed by atoms with Crippen LogP contribution in [0.4, 0.5) is 17.1 Å². The molecule has 9 aromatic rings. The summed E-state index contributed by atoms with van der Waals surface area (Å²) < 4.78 is 4.43. The summed E-state index contributed by atoms with van der Waals surface area (Å²) in [5, 5.41) is 4.22. The van der Waals surface area contributed by atoms with Crippen LogP contribution in [0.5, 0.6) is 0 Å². The monoisotopic (exact) mass is 635 g/mol. The number of nitrogens with zero attached hydrogens (tertiary/aromatic N) is 5. The number of hydrogen-bond donors (Lipinski definition) is 0. The summed E-state index contributed by atoms with van der Waals surface area (Å²) in [5.41, 5.74) is 11.3. The molecule has 0 radical (unpaired) electrons. The van der Waals surface area contributed by atoms with Gasteiger partial charge in [0.2, 0.25) is 5.69 Å². The highest BCUT2D eigenvalue weighted by atomic mass is 15.0. The van der Waals surface area contributed by atoms with Crippen molar-refractivity contribution in [2.45, 2.75) is 0 Å². The molecule has 0 unspecified atom stereocenters. The molecule has 5 heteroatoms. The van der Waals surface area contributed by atoms with Gasteiger partial charge in [-0.3, -0.25) is 0 Å². The highest BCUT2D eigenvalue weighted by Crippen LogP contribution is 2.45. The van der Waals surface area contributed by atoms with Gasteiger partial charge in [-0.15, -0.1) is 0 Å². The molecule has 0 saturated heterocycles. The van der Waals surface area contributed by atoms with Crippen molar-refractivity contribution < 1.29 is 0 Å². The number of aromatic nitrogens is 2. The van der Waals surface area contributed by atoms with Crippen molar-refractivity contribution in [1.29, 1.82) is 0 Å². The molecule has 0 aliphatic heterocycles. The Morgan fingerprint density at radius 2 is 1.04 bits per heavy atom. The van der Waals surface area contributed by atoms with Crippen LogP contribution in [0, 0.1) is 19.7 Å². The molecule has 0 atom stereocenters. The van der Waals surface area contributed by atoms with Gasteiger partial charge >= 0.3 is 0 Å². The molecule has 0 saturated carbocycles. The minimum atomic E-state index is 0.559. The van der Waals surface area contributed by atoms with E-state index in [0.29, 0.717) is 17.1 Å². The Kier molecular flexibility index (Phi) is 6.56. The van der Waals surface area contributed by atoms with Crippen LogP contribution >= 0.6 is 0 Å². The zero-order valence-electron chi connectivity index (χ0n) is 26.7. The Morgan fingerprint density at radius 1 is 0.420 bits per heavy atom. The van der Waals surface area contributed by atoms with E-state index in [4.69, 9.17) is 19.7 Å². The lowest BCUT2D eigenvalue weighted by molar-refractivity contribution is 1.18. The fourth-order valence-electron chi connectivity index (χ4n) is 7.50. The van der Waals surface area contributed by atoms with Gasteiger partial charge in [0.05, 0.1) is 47.5 Å². The Morgan fingerprint density at radius 3 is 1.84 bits per heavy atom. The Hall–Kier alpha value is -7.39. The summed E-state index contributed by atoms with van der Waals surface area (Å²) in [6, 6.07) is 50.9. The van der Waals surface area contributed by atoms with Gasteiger partial charge in [-0.2, -0.15) is 0 Å². The molecule has 0 bridgehead atoms. The first kappa shape index (κ1) is 28.8. The molecule has 0 fully saturated rings. The van der Waals surface area contributed by atoms with Crippen molar-refractivity contribution >= 4 is 60.7 Å². The summed E-state index contributed by atoms with van der Waals surface area (Å²) in [6.07, 6.45) is 0. The molecule has 0 N–H and O–H groups in total. The summed E-state index contributed by atoms with van der Waals surface area (Å²) >= 11 is 0. The van der Waals surface area contributed by atoms with Crippen LogP contribution in [0.2, 0.25) is 0 Å². The van der Waals surface area contributed by atoms with Gasteiger partial charge in [0, 0.05) is 16.5 Å². The third kappa shape index (κ3) is 4.24. The summed E-state index contributed by atoms with van der Waals surface area (Å²) in [5.74, 6) is 0. The lowest BCUT2D eigenvalue weighted by Crippen LogP contribution is -1.98. The zero-order chi connectivity index (χ0) is 33.8. The molecular formula is C45H25N5. The van der Waals surface area contributed by atoms with E-state index in [9.17, 15) is 0 Å². The predicted octanol–water partition coefficient (Wildman–Crippen LogP) is 12.9. The summed E-state index contributed by atoms with van der Waals surface area (Å²) in [6.45, 7) is 23.9. The summed E-state index contributed by atoms with van der Waals surface area (Å²) in [4.78, 5) is 11.7.